The fraction of sp³-hybridized carbons (Fsp3) is 0.333. The number of hydrogen-bond acceptors (Lipinski definition) is 6. The summed E-state index contributed by atoms with van der Waals surface area (Å²) in [5, 5.41) is 5.17. The van der Waals surface area contributed by atoms with E-state index in [-0.39, 0.29) is 18.4 Å². The fourth-order valence-electron chi connectivity index (χ4n) is 6.77. The van der Waals surface area contributed by atoms with Crippen molar-refractivity contribution in [3.05, 3.63) is 96.1 Å². The molecule has 2 N–H and O–H groups in total. The van der Waals surface area contributed by atoms with Crippen LogP contribution in [0.4, 0.5) is 10.5 Å². The Morgan fingerprint density at radius 2 is 1.71 bits per heavy atom. The lowest BCUT2D eigenvalue weighted by atomic mass is 9.90. The SMILES string of the molecule is CCC1CCC(N2CCNC(Cc3c(-c4ccccc4)nc4ccccc4c3C(=O)NN(C(=O)OC)c3ccccc3)C2=O)C1. The van der Waals surface area contributed by atoms with Crippen molar-refractivity contribution >= 4 is 34.5 Å². The summed E-state index contributed by atoms with van der Waals surface area (Å²) in [6.07, 6.45) is 3.87. The number of amides is 3. The van der Waals surface area contributed by atoms with Gasteiger partial charge in [0.1, 0.15) is 0 Å². The number of rotatable bonds is 7. The Morgan fingerprint density at radius 3 is 2.42 bits per heavy atom. The highest BCUT2D eigenvalue weighted by Gasteiger charge is 2.38. The third-order valence-electron chi connectivity index (χ3n) is 9.12. The Kier molecular flexibility index (Phi) is 9.07. The summed E-state index contributed by atoms with van der Waals surface area (Å²) in [5.41, 5.74) is 6.35. The summed E-state index contributed by atoms with van der Waals surface area (Å²) < 4.78 is 5.03. The monoisotopic (exact) mass is 605 g/mol. The average Bonchev–Trinajstić information content (AvgIpc) is 3.57. The van der Waals surface area contributed by atoms with Crippen LogP contribution in [0.25, 0.3) is 22.2 Å². The van der Waals surface area contributed by atoms with Crippen LogP contribution in [0.2, 0.25) is 0 Å². The van der Waals surface area contributed by atoms with Gasteiger partial charge in [0, 0.05) is 30.1 Å². The zero-order chi connectivity index (χ0) is 31.3. The van der Waals surface area contributed by atoms with Crippen molar-refractivity contribution in [3.63, 3.8) is 0 Å². The zero-order valence-corrected chi connectivity index (χ0v) is 25.7. The Balaban J connectivity index is 1.44. The van der Waals surface area contributed by atoms with Crippen molar-refractivity contribution in [1.29, 1.82) is 0 Å². The van der Waals surface area contributed by atoms with Crippen LogP contribution >= 0.6 is 0 Å². The number of ether oxygens (including phenoxy) is 1. The van der Waals surface area contributed by atoms with Crippen molar-refractivity contribution in [2.45, 2.75) is 51.1 Å². The number of nitrogens with one attached hydrogen (secondary N) is 2. The van der Waals surface area contributed by atoms with Gasteiger partial charge in [-0.3, -0.25) is 15.0 Å². The van der Waals surface area contributed by atoms with Crippen LogP contribution in [-0.2, 0) is 16.0 Å². The van der Waals surface area contributed by atoms with Gasteiger partial charge >= 0.3 is 6.09 Å². The first-order chi connectivity index (χ1) is 22.0. The Labute approximate surface area is 263 Å². The summed E-state index contributed by atoms with van der Waals surface area (Å²) in [6, 6.07) is 25.7. The minimum atomic E-state index is -0.737. The van der Waals surface area contributed by atoms with E-state index < -0.39 is 18.0 Å². The van der Waals surface area contributed by atoms with Crippen LogP contribution in [0.5, 0.6) is 0 Å². The van der Waals surface area contributed by atoms with Gasteiger partial charge in [-0.2, -0.15) is 5.01 Å². The number of fused-ring (bicyclic) bond motifs is 1. The maximum atomic E-state index is 14.4. The van der Waals surface area contributed by atoms with Crippen LogP contribution in [0.15, 0.2) is 84.9 Å². The van der Waals surface area contributed by atoms with E-state index in [1.165, 1.54) is 7.11 Å². The molecular weight excluding hydrogens is 566 g/mol. The summed E-state index contributed by atoms with van der Waals surface area (Å²) in [7, 11) is 1.27. The van der Waals surface area contributed by atoms with Crippen LogP contribution < -0.4 is 15.8 Å². The van der Waals surface area contributed by atoms with Gasteiger partial charge in [-0.05, 0) is 55.4 Å². The minimum absolute atomic E-state index is 0.0574. The van der Waals surface area contributed by atoms with Crippen LogP contribution in [0.3, 0.4) is 0 Å². The summed E-state index contributed by atoms with van der Waals surface area (Å²) in [5.74, 6) is 0.210. The number of anilines is 1. The molecule has 45 heavy (non-hydrogen) atoms. The van der Waals surface area contributed by atoms with E-state index in [9.17, 15) is 14.4 Å². The van der Waals surface area contributed by atoms with Gasteiger partial charge < -0.3 is 15.0 Å². The molecule has 0 radical (unpaired) electrons. The topological polar surface area (TPSA) is 104 Å². The van der Waals surface area contributed by atoms with Crippen LogP contribution in [0.1, 0.15) is 48.5 Å². The van der Waals surface area contributed by atoms with E-state index >= 15 is 0 Å². The fourth-order valence-corrected chi connectivity index (χ4v) is 6.77. The third-order valence-corrected chi connectivity index (χ3v) is 9.12. The number of nitrogens with zero attached hydrogens (tertiary/aromatic N) is 3. The summed E-state index contributed by atoms with van der Waals surface area (Å²) >= 11 is 0. The van der Waals surface area contributed by atoms with Crippen LogP contribution in [0, 0.1) is 5.92 Å². The Morgan fingerprint density at radius 1 is 1.00 bits per heavy atom. The molecular formula is C36H39N5O4. The molecule has 1 saturated heterocycles. The molecule has 1 aromatic heterocycles. The summed E-state index contributed by atoms with van der Waals surface area (Å²) in [4.78, 5) is 48.5. The van der Waals surface area contributed by atoms with Crippen LogP contribution in [-0.4, -0.2) is 60.1 Å². The normalized spacial score (nSPS) is 19.8. The van der Waals surface area contributed by atoms with Gasteiger partial charge in [0.15, 0.2) is 0 Å². The predicted octanol–water partition coefficient (Wildman–Crippen LogP) is 5.74. The van der Waals surface area contributed by atoms with Gasteiger partial charge in [0.2, 0.25) is 5.91 Å². The molecule has 3 amide bonds. The zero-order valence-electron chi connectivity index (χ0n) is 25.7. The van der Waals surface area contributed by atoms with Gasteiger partial charge in [0.25, 0.3) is 5.91 Å². The molecule has 232 valence electrons. The second-order valence-corrected chi connectivity index (χ2v) is 11.8. The number of hydrogen-bond donors (Lipinski definition) is 2. The largest absolute Gasteiger partial charge is 0.451 e. The molecule has 1 aliphatic heterocycles. The molecule has 3 unspecified atom stereocenters. The molecule has 1 saturated carbocycles. The van der Waals surface area contributed by atoms with Gasteiger partial charge in [-0.15, -0.1) is 0 Å². The number of aromatic nitrogens is 1. The molecule has 9 heteroatoms. The lowest BCUT2D eigenvalue weighted by molar-refractivity contribution is -0.138. The Hall–Kier alpha value is -4.76. The number of carbonyl (C=O) groups is 3. The van der Waals surface area contributed by atoms with E-state index in [0.717, 1.165) is 36.3 Å². The van der Waals surface area contributed by atoms with E-state index in [1.54, 1.807) is 24.3 Å². The number of para-hydroxylation sites is 2. The lowest BCUT2D eigenvalue weighted by Crippen LogP contribution is -2.58. The van der Waals surface area contributed by atoms with Crippen molar-refractivity contribution in [1.82, 2.24) is 20.6 Å². The molecule has 0 bridgehead atoms. The minimum Gasteiger partial charge on any atom is -0.451 e. The number of carbonyl (C=O) groups excluding carboxylic acids is 3. The molecule has 9 nitrogen and oxygen atoms in total. The van der Waals surface area contributed by atoms with E-state index in [4.69, 9.17) is 9.72 Å². The molecule has 3 atom stereocenters. The molecule has 6 rings (SSSR count). The standard InChI is InChI=1S/C36H39N5O4/c1-3-24-18-19-27(22-24)40-21-20-37-31(35(40)43)23-29-32(34(42)39-41(36(44)45-2)26-14-8-5-9-15-26)28-16-10-11-17-30(28)38-33(29)25-12-6-4-7-13-25/h4-17,24,27,31,37H,3,18-23H2,1-2H3,(H,39,42). The highest BCUT2D eigenvalue weighted by atomic mass is 16.5. The molecule has 2 heterocycles. The van der Waals surface area contributed by atoms with Gasteiger partial charge in [-0.25, -0.2) is 9.78 Å². The first-order valence-electron chi connectivity index (χ1n) is 15.7. The van der Waals surface area contributed by atoms with E-state index in [1.807, 2.05) is 60.7 Å². The van der Waals surface area contributed by atoms with Crippen molar-refractivity contribution in [3.8, 4) is 11.3 Å². The quantitative estimate of drug-likeness (QED) is 0.261. The second kappa shape index (κ2) is 13.5. The highest BCUT2D eigenvalue weighted by Crippen LogP contribution is 2.35. The first kappa shape index (κ1) is 30.3. The average molecular weight is 606 g/mol. The molecule has 2 fully saturated rings. The highest BCUT2D eigenvalue weighted by molar-refractivity contribution is 6.11. The van der Waals surface area contributed by atoms with Crippen molar-refractivity contribution < 1.29 is 19.1 Å². The second-order valence-electron chi connectivity index (χ2n) is 11.8. The smallest absolute Gasteiger partial charge is 0.433 e. The molecule has 4 aromatic rings. The number of hydrazine groups is 1. The molecule has 2 aliphatic rings. The predicted molar refractivity (Wildman–Crippen MR) is 175 cm³/mol. The lowest BCUT2D eigenvalue weighted by Gasteiger charge is -2.38. The first-order valence-corrected chi connectivity index (χ1v) is 15.7. The molecule has 3 aromatic carbocycles. The third kappa shape index (κ3) is 6.26. The van der Waals surface area contributed by atoms with Crippen molar-refractivity contribution in [2.75, 3.05) is 25.2 Å². The number of pyridine rings is 1. The van der Waals surface area contributed by atoms with E-state index in [2.05, 4.69) is 22.6 Å². The van der Waals surface area contributed by atoms with Gasteiger partial charge in [-0.1, -0.05) is 80.1 Å². The maximum absolute atomic E-state index is 14.4. The number of piperazine rings is 1. The molecule has 1 aliphatic carbocycles. The number of benzene rings is 3. The summed E-state index contributed by atoms with van der Waals surface area (Å²) in [6.45, 7) is 3.58. The Bertz CT molecular complexity index is 1680. The van der Waals surface area contributed by atoms with Gasteiger partial charge in [0.05, 0.1) is 35.6 Å². The van der Waals surface area contributed by atoms with Crippen molar-refractivity contribution in [2.24, 2.45) is 5.92 Å². The molecule has 0 spiro atoms. The van der Waals surface area contributed by atoms with E-state index in [0.29, 0.717) is 52.4 Å². The number of methoxy groups -OCH3 is 1. The maximum Gasteiger partial charge on any atom is 0.433 e.